The number of pyridine rings is 1. The van der Waals surface area contributed by atoms with E-state index in [4.69, 9.17) is 20.0 Å². The van der Waals surface area contributed by atoms with Crippen LogP contribution in [0.25, 0.3) is 22.4 Å². The molecule has 33 heavy (non-hydrogen) atoms. The van der Waals surface area contributed by atoms with Gasteiger partial charge in [-0.1, -0.05) is 35.5 Å². The molecule has 0 bridgehead atoms. The van der Waals surface area contributed by atoms with Crippen molar-refractivity contribution in [3.8, 4) is 17.2 Å². The minimum absolute atomic E-state index is 0.0719. The SMILES string of the molecule is Cc1noc(-c2ccccc2OCC(=O)N2CCCC(c3nc4ccccc4cc3N)C2)n1. The van der Waals surface area contributed by atoms with Crippen molar-refractivity contribution in [3.05, 3.63) is 66.1 Å². The molecular formula is C25H25N5O3. The number of aryl methyl sites for hydroxylation is 1. The van der Waals surface area contributed by atoms with E-state index in [2.05, 4.69) is 10.1 Å². The number of nitrogens with two attached hydrogens (primary N) is 1. The first-order valence-corrected chi connectivity index (χ1v) is 11.0. The maximum Gasteiger partial charge on any atom is 0.261 e. The number of carbonyl (C=O) groups excluding carboxylic acids is 1. The number of para-hydroxylation sites is 2. The number of aromatic nitrogens is 3. The summed E-state index contributed by atoms with van der Waals surface area (Å²) in [4.78, 5) is 23.9. The molecule has 8 heteroatoms. The second kappa shape index (κ2) is 8.90. The fraction of sp³-hybridized carbons (Fsp3) is 0.280. The molecule has 0 radical (unpaired) electrons. The predicted molar refractivity (Wildman–Crippen MR) is 125 cm³/mol. The molecular weight excluding hydrogens is 418 g/mol. The van der Waals surface area contributed by atoms with Crippen LogP contribution < -0.4 is 10.5 Å². The van der Waals surface area contributed by atoms with Gasteiger partial charge in [-0.3, -0.25) is 9.78 Å². The van der Waals surface area contributed by atoms with E-state index in [-0.39, 0.29) is 18.4 Å². The smallest absolute Gasteiger partial charge is 0.261 e. The third-order valence-corrected chi connectivity index (χ3v) is 5.94. The maximum absolute atomic E-state index is 13.0. The number of carbonyl (C=O) groups is 1. The number of fused-ring (bicyclic) bond motifs is 1. The molecule has 1 unspecified atom stereocenters. The standard InChI is InChI=1S/C25H25N5O3/c1-16-27-25(33-29-16)19-9-3-5-11-22(19)32-15-23(31)30-12-6-8-18(14-30)24-20(26)13-17-7-2-4-10-21(17)28-24/h2-5,7,9-11,13,18H,6,8,12,14-15,26H2,1H3. The van der Waals surface area contributed by atoms with Gasteiger partial charge in [0.1, 0.15) is 5.75 Å². The third-order valence-electron chi connectivity index (χ3n) is 5.94. The van der Waals surface area contributed by atoms with Crippen molar-refractivity contribution < 1.29 is 14.1 Å². The number of ether oxygens (including phenoxy) is 1. The number of hydrogen-bond donors (Lipinski definition) is 1. The predicted octanol–water partition coefficient (Wildman–Crippen LogP) is 3.96. The first-order chi connectivity index (χ1) is 16.1. The van der Waals surface area contributed by atoms with E-state index >= 15 is 0 Å². The maximum atomic E-state index is 13.0. The van der Waals surface area contributed by atoms with Crippen molar-refractivity contribution in [2.24, 2.45) is 0 Å². The monoisotopic (exact) mass is 443 g/mol. The number of piperidine rings is 1. The molecule has 0 saturated carbocycles. The molecule has 2 aromatic carbocycles. The Morgan fingerprint density at radius 3 is 2.85 bits per heavy atom. The first kappa shape index (κ1) is 20.9. The number of nitrogens with zero attached hydrogens (tertiary/aromatic N) is 4. The van der Waals surface area contributed by atoms with Crippen LogP contribution in [0, 0.1) is 6.92 Å². The summed E-state index contributed by atoms with van der Waals surface area (Å²) in [6.45, 7) is 2.94. The molecule has 1 saturated heterocycles. The molecule has 1 fully saturated rings. The number of likely N-dealkylation sites (tertiary alicyclic amines) is 1. The van der Waals surface area contributed by atoms with E-state index in [1.54, 1.807) is 13.0 Å². The molecule has 2 N–H and O–H groups in total. The van der Waals surface area contributed by atoms with Crippen molar-refractivity contribution in [2.75, 3.05) is 25.4 Å². The molecule has 4 aromatic rings. The van der Waals surface area contributed by atoms with Gasteiger partial charge in [-0.2, -0.15) is 4.98 Å². The molecule has 1 aliphatic rings. The summed E-state index contributed by atoms with van der Waals surface area (Å²) in [5.74, 6) is 1.46. The molecule has 2 aromatic heterocycles. The number of rotatable bonds is 5. The van der Waals surface area contributed by atoms with Crippen molar-refractivity contribution in [1.82, 2.24) is 20.0 Å². The molecule has 1 amide bonds. The van der Waals surface area contributed by atoms with Gasteiger partial charge in [0.15, 0.2) is 12.4 Å². The zero-order chi connectivity index (χ0) is 22.8. The van der Waals surface area contributed by atoms with Gasteiger partial charge < -0.3 is 19.9 Å². The molecule has 0 spiro atoms. The molecule has 1 atom stereocenters. The second-order valence-corrected chi connectivity index (χ2v) is 8.27. The number of amides is 1. The highest BCUT2D eigenvalue weighted by atomic mass is 16.5. The van der Waals surface area contributed by atoms with Gasteiger partial charge >= 0.3 is 0 Å². The Kier molecular flexibility index (Phi) is 5.64. The molecule has 8 nitrogen and oxygen atoms in total. The summed E-state index contributed by atoms with van der Waals surface area (Å²) in [5, 5.41) is 4.85. The van der Waals surface area contributed by atoms with Crippen LogP contribution in [-0.4, -0.2) is 45.6 Å². The highest BCUT2D eigenvalue weighted by Gasteiger charge is 2.27. The summed E-state index contributed by atoms with van der Waals surface area (Å²) in [6.07, 6.45) is 1.84. The van der Waals surface area contributed by atoms with E-state index in [9.17, 15) is 4.79 Å². The average molecular weight is 444 g/mol. The number of hydrogen-bond acceptors (Lipinski definition) is 7. The van der Waals surface area contributed by atoms with Gasteiger partial charge in [0.2, 0.25) is 0 Å². The quantitative estimate of drug-likeness (QED) is 0.497. The largest absolute Gasteiger partial charge is 0.483 e. The minimum Gasteiger partial charge on any atom is -0.483 e. The zero-order valence-electron chi connectivity index (χ0n) is 18.4. The minimum atomic E-state index is -0.0735. The van der Waals surface area contributed by atoms with Crippen molar-refractivity contribution in [3.63, 3.8) is 0 Å². The fourth-order valence-electron chi connectivity index (χ4n) is 4.31. The number of nitrogen functional groups attached to an aromatic ring is 1. The summed E-state index contributed by atoms with van der Waals surface area (Å²) >= 11 is 0. The summed E-state index contributed by atoms with van der Waals surface area (Å²) in [7, 11) is 0. The van der Waals surface area contributed by atoms with E-state index in [0.29, 0.717) is 41.8 Å². The molecule has 3 heterocycles. The summed E-state index contributed by atoms with van der Waals surface area (Å²) in [6, 6.07) is 17.2. The van der Waals surface area contributed by atoms with Crippen LogP contribution >= 0.6 is 0 Å². The van der Waals surface area contributed by atoms with Crippen molar-refractivity contribution >= 4 is 22.5 Å². The Morgan fingerprint density at radius 1 is 1.18 bits per heavy atom. The van der Waals surface area contributed by atoms with Gasteiger partial charge in [0, 0.05) is 24.4 Å². The van der Waals surface area contributed by atoms with E-state index < -0.39 is 0 Å². The lowest BCUT2D eigenvalue weighted by Gasteiger charge is -2.33. The molecule has 0 aliphatic carbocycles. The molecule has 5 rings (SSSR count). The van der Waals surface area contributed by atoms with Gasteiger partial charge in [0.25, 0.3) is 11.8 Å². The topological polar surface area (TPSA) is 107 Å². The van der Waals surface area contributed by atoms with Crippen LogP contribution in [-0.2, 0) is 4.79 Å². The fourth-order valence-corrected chi connectivity index (χ4v) is 4.31. The lowest BCUT2D eigenvalue weighted by molar-refractivity contribution is -0.134. The summed E-state index contributed by atoms with van der Waals surface area (Å²) < 4.78 is 11.1. The van der Waals surface area contributed by atoms with Gasteiger partial charge in [-0.25, -0.2) is 0 Å². The first-order valence-electron chi connectivity index (χ1n) is 11.0. The number of benzene rings is 2. The van der Waals surface area contributed by atoms with Crippen LogP contribution in [0.3, 0.4) is 0 Å². The van der Waals surface area contributed by atoms with Gasteiger partial charge in [0.05, 0.1) is 22.5 Å². The van der Waals surface area contributed by atoms with E-state index in [1.165, 1.54) is 0 Å². The van der Waals surface area contributed by atoms with Crippen LogP contribution in [0.5, 0.6) is 5.75 Å². The third kappa shape index (κ3) is 4.37. The number of anilines is 1. The van der Waals surface area contributed by atoms with E-state index in [0.717, 1.165) is 29.4 Å². The van der Waals surface area contributed by atoms with Crippen LogP contribution in [0.2, 0.25) is 0 Å². The highest BCUT2D eigenvalue weighted by molar-refractivity contribution is 5.82. The van der Waals surface area contributed by atoms with Crippen LogP contribution in [0.4, 0.5) is 5.69 Å². The molecule has 168 valence electrons. The Labute approximate surface area is 191 Å². The Bertz CT molecular complexity index is 1300. The average Bonchev–Trinajstić information content (AvgIpc) is 3.28. The highest BCUT2D eigenvalue weighted by Crippen LogP contribution is 2.32. The Hall–Kier alpha value is -3.94. The summed E-state index contributed by atoms with van der Waals surface area (Å²) in [5.41, 5.74) is 9.46. The normalized spacial score (nSPS) is 16.2. The second-order valence-electron chi connectivity index (χ2n) is 8.27. The zero-order valence-corrected chi connectivity index (χ0v) is 18.4. The van der Waals surface area contributed by atoms with Gasteiger partial charge in [-0.05, 0) is 44.0 Å². The lowest BCUT2D eigenvalue weighted by atomic mass is 9.92. The van der Waals surface area contributed by atoms with Crippen molar-refractivity contribution in [1.29, 1.82) is 0 Å². The Morgan fingerprint density at radius 2 is 2.00 bits per heavy atom. The van der Waals surface area contributed by atoms with Gasteiger partial charge in [-0.15, -0.1) is 0 Å². The van der Waals surface area contributed by atoms with Crippen LogP contribution in [0.1, 0.15) is 30.3 Å². The Balaban J connectivity index is 1.28. The van der Waals surface area contributed by atoms with E-state index in [1.807, 2.05) is 53.4 Å². The van der Waals surface area contributed by atoms with Crippen LogP contribution in [0.15, 0.2) is 59.1 Å². The molecule has 1 aliphatic heterocycles. The lowest BCUT2D eigenvalue weighted by Crippen LogP contribution is -2.41. The van der Waals surface area contributed by atoms with Crippen molar-refractivity contribution in [2.45, 2.75) is 25.7 Å².